The monoisotopic (exact) mass is 257 g/mol. The highest BCUT2D eigenvalue weighted by molar-refractivity contribution is 7.98. The number of nitrogens with one attached hydrogen (secondary N) is 1. The zero-order valence-corrected chi connectivity index (χ0v) is 11.7. The molecule has 2 rings (SSSR count). The zero-order valence-electron chi connectivity index (χ0n) is 10.9. The molecule has 1 atom stereocenters. The van der Waals surface area contributed by atoms with Gasteiger partial charge in [-0.3, -0.25) is 0 Å². The van der Waals surface area contributed by atoms with Crippen LogP contribution in [0.2, 0.25) is 0 Å². The minimum atomic E-state index is 0.284. The van der Waals surface area contributed by atoms with E-state index < -0.39 is 0 Å². The molecule has 2 aromatic carbocycles. The van der Waals surface area contributed by atoms with Crippen molar-refractivity contribution in [2.24, 2.45) is 0 Å². The summed E-state index contributed by atoms with van der Waals surface area (Å²) in [5.41, 5.74) is 2.64. The first kappa shape index (κ1) is 13.2. The first-order valence-corrected chi connectivity index (χ1v) is 7.50. The highest BCUT2D eigenvalue weighted by Gasteiger charge is 2.11. The Hall–Kier alpha value is -1.25. The second kappa shape index (κ2) is 6.62. The summed E-state index contributed by atoms with van der Waals surface area (Å²) < 4.78 is 0. The first-order chi connectivity index (χ1) is 8.85. The molecule has 18 heavy (non-hydrogen) atoms. The lowest BCUT2D eigenvalue weighted by molar-refractivity contribution is 0.630. The predicted molar refractivity (Wildman–Crippen MR) is 80.2 cm³/mol. The van der Waals surface area contributed by atoms with Crippen molar-refractivity contribution >= 4 is 11.8 Å². The van der Waals surface area contributed by atoms with Gasteiger partial charge in [0.2, 0.25) is 0 Å². The Morgan fingerprint density at radius 2 is 1.56 bits per heavy atom. The summed E-state index contributed by atoms with van der Waals surface area (Å²) in [6.07, 6.45) is 2.11. The summed E-state index contributed by atoms with van der Waals surface area (Å²) in [7, 11) is 0. The van der Waals surface area contributed by atoms with Gasteiger partial charge in [0.1, 0.15) is 0 Å². The van der Waals surface area contributed by atoms with E-state index in [1.54, 1.807) is 11.8 Å². The van der Waals surface area contributed by atoms with Crippen molar-refractivity contribution in [3.8, 4) is 0 Å². The van der Waals surface area contributed by atoms with E-state index in [9.17, 15) is 0 Å². The van der Waals surface area contributed by atoms with E-state index in [1.165, 1.54) is 16.0 Å². The van der Waals surface area contributed by atoms with Gasteiger partial charge in [-0.2, -0.15) is 0 Å². The molecule has 0 spiro atoms. The molecule has 94 valence electrons. The van der Waals surface area contributed by atoms with Crippen LogP contribution >= 0.6 is 11.8 Å². The van der Waals surface area contributed by atoms with Crippen molar-refractivity contribution in [2.75, 3.05) is 12.8 Å². The van der Waals surface area contributed by atoms with E-state index in [-0.39, 0.29) is 6.04 Å². The maximum absolute atomic E-state index is 3.55. The number of thioether (sulfide) groups is 1. The molecule has 0 radical (unpaired) electrons. The van der Waals surface area contributed by atoms with E-state index in [1.807, 2.05) is 0 Å². The second-order valence-corrected chi connectivity index (χ2v) is 5.05. The van der Waals surface area contributed by atoms with E-state index >= 15 is 0 Å². The van der Waals surface area contributed by atoms with Gasteiger partial charge in [-0.05, 0) is 36.1 Å². The average Bonchev–Trinajstić information content (AvgIpc) is 2.46. The van der Waals surface area contributed by atoms with Crippen LogP contribution in [0, 0.1) is 0 Å². The van der Waals surface area contributed by atoms with Crippen LogP contribution < -0.4 is 5.32 Å². The van der Waals surface area contributed by atoms with Crippen molar-refractivity contribution in [1.29, 1.82) is 0 Å². The van der Waals surface area contributed by atoms with Crippen molar-refractivity contribution in [1.82, 2.24) is 5.32 Å². The van der Waals surface area contributed by atoms with E-state index in [2.05, 4.69) is 73.1 Å². The summed E-state index contributed by atoms with van der Waals surface area (Å²) in [6.45, 7) is 3.11. The van der Waals surface area contributed by atoms with Crippen LogP contribution in [-0.4, -0.2) is 12.8 Å². The summed E-state index contributed by atoms with van der Waals surface area (Å²) in [5, 5.41) is 3.55. The fourth-order valence-corrected chi connectivity index (χ4v) is 2.48. The summed E-state index contributed by atoms with van der Waals surface area (Å²) in [4.78, 5) is 1.31. The Morgan fingerprint density at radius 1 is 0.944 bits per heavy atom. The molecular weight excluding hydrogens is 238 g/mol. The van der Waals surface area contributed by atoms with Gasteiger partial charge in [0.15, 0.2) is 0 Å². The van der Waals surface area contributed by atoms with Gasteiger partial charge in [-0.15, -0.1) is 11.8 Å². The number of benzene rings is 2. The van der Waals surface area contributed by atoms with Gasteiger partial charge in [0.05, 0.1) is 6.04 Å². The maximum atomic E-state index is 3.55. The lowest BCUT2D eigenvalue weighted by Gasteiger charge is -2.19. The molecule has 0 aromatic heterocycles. The summed E-state index contributed by atoms with van der Waals surface area (Å²) in [5.74, 6) is 0. The minimum absolute atomic E-state index is 0.284. The first-order valence-electron chi connectivity index (χ1n) is 6.27. The number of rotatable bonds is 5. The van der Waals surface area contributed by atoms with Crippen LogP contribution in [0.1, 0.15) is 24.1 Å². The topological polar surface area (TPSA) is 12.0 Å². The van der Waals surface area contributed by atoms with Crippen molar-refractivity contribution in [2.45, 2.75) is 17.9 Å². The molecule has 0 aliphatic heterocycles. The Bertz CT molecular complexity index is 464. The molecule has 0 aliphatic rings. The largest absolute Gasteiger partial charge is 0.307 e. The smallest absolute Gasteiger partial charge is 0.0576 e. The molecule has 0 saturated carbocycles. The van der Waals surface area contributed by atoms with Gasteiger partial charge in [0.25, 0.3) is 0 Å². The van der Waals surface area contributed by atoms with Crippen LogP contribution in [0.5, 0.6) is 0 Å². The van der Waals surface area contributed by atoms with Gasteiger partial charge in [-0.1, -0.05) is 49.4 Å². The highest BCUT2D eigenvalue weighted by Crippen LogP contribution is 2.24. The SMILES string of the molecule is CCNC(c1ccccc1)c1ccc(SC)cc1. The van der Waals surface area contributed by atoms with Gasteiger partial charge >= 0.3 is 0 Å². The molecule has 1 N–H and O–H groups in total. The van der Waals surface area contributed by atoms with Crippen LogP contribution in [-0.2, 0) is 0 Å². The standard InChI is InChI=1S/C16H19NS/c1-3-17-16(13-7-5-4-6-8-13)14-9-11-15(18-2)12-10-14/h4-12,16-17H,3H2,1-2H3. The van der Waals surface area contributed by atoms with Crippen molar-refractivity contribution < 1.29 is 0 Å². The van der Waals surface area contributed by atoms with E-state index in [0.29, 0.717) is 0 Å². The molecule has 1 unspecified atom stereocenters. The van der Waals surface area contributed by atoms with Crippen molar-refractivity contribution in [3.05, 3.63) is 65.7 Å². The quantitative estimate of drug-likeness (QED) is 0.809. The fraction of sp³-hybridized carbons (Fsp3) is 0.250. The van der Waals surface area contributed by atoms with Crippen LogP contribution in [0.3, 0.4) is 0 Å². The molecule has 0 fully saturated rings. The predicted octanol–water partition coefficient (Wildman–Crippen LogP) is 4.11. The van der Waals surface area contributed by atoms with Gasteiger partial charge in [0, 0.05) is 4.90 Å². The zero-order chi connectivity index (χ0) is 12.8. The van der Waals surface area contributed by atoms with Gasteiger partial charge in [-0.25, -0.2) is 0 Å². The molecule has 0 bridgehead atoms. The molecule has 0 saturated heterocycles. The average molecular weight is 257 g/mol. The Kier molecular flexibility index (Phi) is 4.85. The van der Waals surface area contributed by atoms with Gasteiger partial charge < -0.3 is 5.32 Å². The summed E-state index contributed by atoms with van der Waals surface area (Å²) in [6, 6.07) is 19.7. The molecule has 2 aromatic rings. The number of hydrogen-bond acceptors (Lipinski definition) is 2. The van der Waals surface area contributed by atoms with Crippen LogP contribution in [0.4, 0.5) is 0 Å². The molecular formula is C16H19NS. The molecule has 2 heteroatoms. The van der Waals surface area contributed by atoms with Crippen LogP contribution in [0.15, 0.2) is 59.5 Å². The maximum Gasteiger partial charge on any atom is 0.0576 e. The Balaban J connectivity index is 2.29. The normalized spacial score (nSPS) is 12.3. The highest BCUT2D eigenvalue weighted by atomic mass is 32.2. The molecule has 0 amide bonds. The fourth-order valence-electron chi connectivity index (χ4n) is 2.07. The Morgan fingerprint density at radius 3 is 2.11 bits per heavy atom. The Labute approximate surface area is 114 Å². The molecule has 0 heterocycles. The summed E-state index contributed by atoms with van der Waals surface area (Å²) >= 11 is 1.78. The third kappa shape index (κ3) is 3.15. The minimum Gasteiger partial charge on any atom is -0.307 e. The van der Waals surface area contributed by atoms with Crippen LogP contribution in [0.25, 0.3) is 0 Å². The molecule has 0 aliphatic carbocycles. The third-order valence-electron chi connectivity index (χ3n) is 2.99. The third-order valence-corrected chi connectivity index (χ3v) is 3.73. The second-order valence-electron chi connectivity index (χ2n) is 4.17. The van der Waals surface area contributed by atoms with E-state index in [4.69, 9.17) is 0 Å². The van der Waals surface area contributed by atoms with E-state index in [0.717, 1.165) is 6.54 Å². The lowest BCUT2D eigenvalue weighted by atomic mass is 9.99. The van der Waals surface area contributed by atoms with Crippen molar-refractivity contribution in [3.63, 3.8) is 0 Å². The molecule has 1 nitrogen and oxygen atoms in total. The number of hydrogen-bond donors (Lipinski definition) is 1. The lowest BCUT2D eigenvalue weighted by Crippen LogP contribution is -2.21.